The quantitative estimate of drug-likeness (QED) is 0.854. The summed E-state index contributed by atoms with van der Waals surface area (Å²) in [6.45, 7) is 9.87. The Morgan fingerprint density at radius 1 is 1.26 bits per heavy atom. The molecule has 0 aliphatic carbocycles. The molecule has 0 radical (unpaired) electrons. The highest BCUT2D eigenvalue weighted by atomic mass is 16.2. The highest BCUT2D eigenvalue weighted by molar-refractivity contribution is 5.81. The molecule has 3 heteroatoms. The van der Waals surface area contributed by atoms with Gasteiger partial charge in [-0.15, -0.1) is 0 Å². The van der Waals surface area contributed by atoms with Crippen LogP contribution in [0.25, 0.3) is 0 Å². The van der Waals surface area contributed by atoms with Crippen LogP contribution in [0.4, 0.5) is 0 Å². The predicted molar refractivity (Wildman–Crippen MR) is 80.0 cm³/mol. The van der Waals surface area contributed by atoms with Gasteiger partial charge in [0.05, 0.1) is 6.04 Å². The number of carbonyl (C=O) groups is 1. The minimum atomic E-state index is -0.0913. The number of likely N-dealkylation sites (N-methyl/N-ethyl adjacent to an activating group) is 1. The molecule has 0 unspecified atom stereocenters. The maximum Gasteiger partial charge on any atom is 0.237 e. The Morgan fingerprint density at radius 2 is 1.89 bits per heavy atom. The maximum atomic E-state index is 12.1. The average Bonchev–Trinajstić information content (AvgIpc) is 2.35. The van der Waals surface area contributed by atoms with E-state index in [4.69, 9.17) is 0 Å². The molecule has 1 atom stereocenters. The van der Waals surface area contributed by atoms with Gasteiger partial charge in [-0.05, 0) is 37.9 Å². The summed E-state index contributed by atoms with van der Waals surface area (Å²) in [5.74, 6) is 0.656. The van der Waals surface area contributed by atoms with Gasteiger partial charge in [-0.1, -0.05) is 38.1 Å². The molecular weight excluding hydrogens is 236 g/mol. The third-order valence-electron chi connectivity index (χ3n) is 3.41. The van der Waals surface area contributed by atoms with Crippen molar-refractivity contribution in [1.29, 1.82) is 0 Å². The summed E-state index contributed by atoms with van der Waals surface area (Å²) in [7, 11) is 2.00. The molecule has 1 rings (SSSR count). The fraction of sp³-hybridized carbons (Fsp3) is 0.562. The first kappa shape index (κ1) is 15.7. The Hall–Kier alpha value is -1.35. The molecule has 0 aromatic heterocycles. The lowest BCUT2D eigenvalue weighted by Crippen LogP contribution is -2.44. The highest BCUT2D eigenvalue weighted by Crippen LogP contribution is 2.07. The van der Waals surface area contributed by atoms with Crippen LogP contribution in [0.3, 0.4) is 0 Å². The number of rotatable bonds is 6. The zero-order chi connectivity index (χ0) is 14.4. The first-order valence-electron chi connectivity index (χ1n) is 6.94. The van der Waals surface area contributed by atoms with Crippen molar-refractivity contribution in [3.63, 3.8) is 0 Å². The van der Waals surface area contributed by atoms with Gasteiger partial charge in [-0.25, -0.2) is 0 Å². The summed E-state index contributed by atoms with van der Waals surface area (Å²) in [5.41, 5.74) is 2.39. The van der Waals surface area contributed by atoms with Crippen molar-refractivity contribution in [3.05, 3.63) is 35.4 Å². The molecule has 1 aromatic carbocycles. The molecule has 0 aliphatic rings. The normalized spacial score (nSPS) is 12.8. The molecule has 0 spiro atoms. The van der Waals surface area contributed by atoms with Crippen molar-refractivity contribution in [2.24, 2.45) is 5.92 Å². The van der Waals surface area contributed by atoms with Gasteiger partial charge >= 0.3 is 0 Å². The van der Waals surface area contributed by atoms with Gasteiger partial charge in [0.1, 0.15) is 0 Å². The monoisotopic (exact) mass is 262 g/mol. The first-order chi connectivity index (χ1) is 8.91. The van der Waals surface area contributed by atoms with Gasteiger partial charge < -0.3 is 5.32 Å². The Kier molecular flexibility index (Phi) is 6.03. The van der Waals surface area contributed by atoms with E-state index >= 15 is 0 Å². The van der Waals surface area contributed by atoms with Crippen LogP contribution in [0.1, 0.15) is 31.9 Å². The average molecular weight is 262 g/mol. The maximum absolute atomic E-state index is 12.1. The largest absolute Gasteiger partial charge is 0.351 e. The van der Waals surface area contributed by atoms with Crippen molar-refractivity contribution < 1.29 is 4.79 Å². The molecule has 1 amide bonds. The molecule has 19 heavy (non-hydrogen) atoms. The third-order valence-corrected chi connectivity index (χ3v) is 3.41. The van der Waals surface area contributed by atoms with Crippen molar-refractivity contribution in [2.75, 3.05) is 13.6 Å². The number of amides is 1. The van der Waals surface area contributed by atoms with E-state index in [0.717, 1.165) is 6.54 Å². The Balaban J connectivity index is 2.49. The summed E-state index contributed by atoms with van der Waals surface area (Å²) in [6.07, 6.45) is 0. The van der Waals surface area contributed by atoms with Crippen LogP contribution in [-0.2, 0) is 11.3 Å². The Labute approximate surface area is 117 Å². The standard InChI is InChI=1S/C16H26N2O/c1-12(2)11-18(5)14(4)16(19)17-10-15-9-7-6-8-13(15)3/h6-9,12,14H,10-11H2,1-5H3,(H,17,19)/t14-/m0/s1. The molecule has 0 aliphatic heterocycles. The van der Waals surface area contributed by atoms with E-state index in [1.165, 1.54) is 11.1 Å². The number of nitrogens with zero attached hydrogens (tertiary/aromatic N) is 1. The fourth-order valence-electron chi connectivity index (χ4n) is 2.07. The second-order valence-electron chi connectivity index (χ2n) is 5.65. The van der Waals surface area contributed by atoms with E-state index in [2.05, 4.69) is 43.1 Å². The van der Waals surface area contributed by atoms with E-state index in [9.17, 15) is 4.79 Å². The van der Waals surface area contributed by atoms with Crippen LogP contribution in [0, 0.1) is 12.8 Å². The van der Waals surface area contributed by atoms with Gasteiger partial charge in [0.15, 0.2) is 0 Å². The van der Waals surface area contributed by atoms with Crippen molar-refractivity contribution in [1.82, 2.24) is 10.2 Å². The second kappa shape index (κ2) is 7.29. The predicted octanol–water partition coefficient (Wildman–Crippen LogP) is 2.59. The first-order valence-corrected chi connectivity index (χ1v) is 6.94. The summed E-state index contributed by atoms with van der Waals surface area (Å²) in [6, 6.07) is 8.04. The van der Waals surface area contributed by atoms with Crippen LogP contribution in [-0.4, -0.2) is 30.4 Å². The number of benzene rings is 1. The van der Waals surface area contributed by atoms with Gasteiger partial charge in [-0.2, -0.15) is 0 Å². The van der Waals surface area contributed by atoms with E-state index in [-0.39, 0.29) is 11.9 Å². The summed E-state index contributed by atoms with van der Waals surface area (Å²) in [5, 5.41) is 3.01. The lowest BCUT2D eigenvalue weighted by Gasteiger charge is -2.25. The van der Waals surface area contributed by atoms with Crippen LogP contribution in [0.15, 0.2) is 24.3 Å². The zero-order valence-electron chi connectivity index (χ0n) is 12.7. The van der Waals surface area contributed by atoms with Crippen LogP contribution >= 0.6 is 0 Å². The minimum absolute atomic E-state index is 0.0893. The van der Waals surface area contributed by atoms with Crippen molar-refractivity contribution in [2.45, 2.75) is 40.3 Å². The zero-order valence-corrected chi connectivity index (χ0v) is 12.7. The molecule has 0 saturated heterocycles. The van der Waals surface area contributed by atoms with E-state index in [0.29, 0.717) is 12.5 Å². The van der Waals surface area contributed by atoms with E-state index < -0.39 is 0 Å². The number of carbonyl (C=O) groups excluding carboxylic acids is 1. The summed E-state index contributed by atoms with van der Waals surface area (Å²) < 4.78 is 0. The molecule has 106 valence electrons. The van der Waals surface area contributed by atoms with Crippen molar-refractivity contribution >= 4 is 5.91 Å². The van der Waals surface area contributed by atoms with Crippen LogP contribution < -0.4 is 5.32 Å². The molecule has 3 nitrogen and oxygen atoms in total. The van der Waals surface area contributed by atoms with Gasteiger partial charge in [0.25, 0.3) is 0 Å². The topological polar surface area (TPSA) is 32.3 Å². The number of aryl methyl sites for hydroxylation is 1. The molecule has 1 aromatic rings. The molecule has 1 N–H and O–H groups in total. The highest BCUT2D eigenvalue weighted by Gasteiger charge is 2.18. The van der Waals surface area contributed by atoms with Crippen molar-refractivity contribution in [3.8, 4) is 0 Å². The second-order valence-corrected chi connectivity index (χ2v) is 5.65. The lowest BCUT2D eigenvalue weighted by atomic mass is 10.1. The molecular formula is C16H26N2O. The number of hydrogen-bond donors (Lipinski definition) is 1. The van der Waals surface area contributed by atoms with E-state index in [1.54, 1.807) is 0 Å². The lowest BCUT2D eigenvalue weighted by molar-refractivity contribution is -0.125. The SMILES string of the molecule is Cc1ccccc1CNC(=O)[C@H](C)N(C)CC(C)C. The number of nitrogens with one attached hydrogen (secondary N) is 1. The van der Waals surface area contributed by atoms with Gasteiger partial charge in [0, 0.05) is 13.1 Å². The third kappa shape index (κ3) is 5.03. The van der Waals surface area contributed by atoms with Crippen LogP contribution in [0.2, 0.25) is 0 Å². The smallest absolute Gasteiger partial charge is 0.237 e. The van der Waals surface area contributed by atoms with Gasteiger partial charge in [0.2, 0.25) is 5.91 Å². The summed E-state index contributed by atoms with van der Waals surface area (Å²) >= 11 is 0. The molecule has 0 bridgehead atoms. The fourth-order valence-corrected chi connectivity index (χ4v) is 2.07. The molecule has 0 fully saturated rings. The molecule has 0 heterocycles. The summed E-state index contributed by atoms with van der Waals surface area (Å²) in [4.78, 5) is 14.2. The van der Waals surface area contributed by atoms with Gasteiger partial charge in [-0.3, -0.25) is 9.69 Å². The van der Waals surface area contributed by atoms with E-state index in [1.807, 2.05) is 26.1 Å². The number of hydrogen-bond acceptors (Lipinski definition) is 2. The molecule has 0 saturated carbocycles. The Morgan fingerprint density at radius 3 is 2.47 bits per heavy atom. The van der Waals surface area contributed by atoms with Crippen LogP contribution in [0.5, 0.6) is 0 Å². The minimum Gasteiger partial charge on any atom is -0.351 e. The Bertz CT molecular complexity index is 415.